The van der Waals surface area contributed by atoms with Crippen molar-refractivity contribution < 1.29 is 14.3 Å². The summed E-state index contributed by atoms with van der Waals surface area (Å²) in [5, 5.41) is 8.14. The minimum absolute atomic E-state index is 0.00656. The second-order valence-electron chi connectivity index (χ2n) is 5.41. The molecule has 2 aromatic rings. The van der Waals surface area contributed by atoms with Crippen molar-refractivity contribution in [1.29, 1.82) is 0 Å². The number of carbonyl (C=O) groups excluding carboxylic acids is 1. The Balaban J connectivity index is 1.65. The molecule has 1 fully saturated rings. The van der Waals surface area contributed by atoms with Crippen molar-refractivity contribution in [3.8, 4) is 11.6 Å². The molecule has 1 aliphatic heterocycles. The molecule has 0 N–H and O–H groups in total. The normalized spacial score (nSPS) is 14.4. The lowest BCUT2D eigenvalue weighted by molar-refractivity contribution is 0.0743. The van der Waals surface area contributed by atoms with E-state index in [1.165, 1.54) is 0 Å². The summed E-state index contributed by atoms with van der Waals surface area (Å²) in [5.74, 6) is 1.88. The largest absolute Gasteiger partial charge is 0.496 e. The molecular weight excluding hydrogens is 308 g/mol. The first kappa shape index (κ1) is 16.0. The number of ether oxygens (including phenoxy) is 2. The van der Waals surface area contributed by atoms with Crippen molar-refractivity contribution >= 4 is 11.7 Å². The lowest BCUT2D eigenvalue weighted by Gasteiger charge is -2.35. The van der Waals surface area contributed by atoms with Crippen LogP contribution in [0.4, 0.5) is 5.82 Å². The minimum atomic E-state index is -0.00656. The zero-order chi connectivity index (χ0) is 16.9. The van der Waals surface area contributed by atoms with Crippen LogP contribution in [0.25, 0.3) is 0 Å². The lowest BCUT2D eigenvalue weighted by atomic mass is 10.1. The van der Waals surface area contributed by atoms with E-state index >= 15 is 0 Å². The Labute approximate surface area is 140 Å². The van der Waals surface area contributed by atoms with E-state index in [2.05, 4.69) is 15.1 Å². The Morgan fingerprint density at radius 1 is 0.958 bits per heavy atom. The topological polar surface area (TPSA) is 67.8 Å². The molecule has 1 aromatic carbocycles. The number of methoxy groups -OCH3 is 2. The third kappa shape index (κ3) is 3.24. The van der Waals surface area contributed by atoms with Crippen LogP contribution in [-0.2, 0) is 0 Å². The fourth-order valence-electron chi connectivity index (χ4n) is 2.72. The number of hydrogen-bond acceptors (Lipinski definition) is 6. The molecule has 1 amide bonds. The zero-order valence-corrected chi connectivity index (χ0v) is 13.8. The minimum Gasteiger partial charge on any atom is -0.496 e. The van der Waals surface area contributed by atoms with Gasteiger partial charge in [-0.3, -0.25) is 4.79 Å². The summed E-state index contributed by atoms with van der Waals surface area (Å²) in [6.07, 6.45) is 0. The molecule has 0 aliphatic carbocycles. The Morgan fingerprint density at radius 3 is 2.33 bits per heavy atom. The van der Waals surface area contributed by atoms with E-state index in [0.29, 0.717) is 43.4 Å². The monoisotopic (exact) mass is 328 g/mol. The number of carbonyl (C=O) groups is 1. The van der Waals surface area contributed by atoms with Crippen LogP contribution in [0.3, 0.4) is 0 Å². The molecule has 2 heterocycles. The molecule has 0 atom stereocenters. The second kappa shape index (κ2) is 7.16. The molecule has 1 saturated heterocycles. The van der Waals surface area contributed by atoms with Crippen LogP contribution < -0.4 is 14.4 Å². The van der Waals surface area contributed by atoms with Crippen molar-refractivity contribution in [1.82, 2.24) is 15.1 Å². The number of hydrogen-bond donors (Lipinski definition) is 0. The van der Waals surface area contributed by atoms with E-state index < -0.39 is 0 Å². The van der Waals surface area contributed by atoms with Gasteiger partial charge in [0.25, 0.3) is 5.91 Å². The highest BCUT2D eigenvalue weighted by Gasteiger charge is 2.24. The third-order valence-electron chi connectivity index (χ3n) is 4.06. The van der Waals surface area contributed by atoms with Crippen molar-refractivity contribution in [2.45, 2.75) is 0 Å². The summed E-state index contributed by atoms with van der Waals surface area (Å²) in [4.78, 5) is 16.6. The summed E-state index contributed by atoms with van der Waals surface area (Å²) < 4.78 is 10.3. The Kier molecular flexibility index (Phi) is 4.79. The second-order valence-corrected chi connectivity index (χ2v) is 5.41. The molecule has 7 nitrogen and oxygen atoms in total. The van der Waals surface area contributed by atoms with Gasteiger partial charge in [0, 0.05) is 32.2 Å². The third-order valence-corrected chi connectivity index (χ3v) is 4.06. The summed E-state index contributed by atoms with van der Waals surface area (Å²) in [5.41, 5.74) is 0.595. The fourth-order valence-corrected chi connectivity index (χ4v) is 2.72. The molecule has 3 rings (SSSR count). The highest BCUT2D eigenvalue weighted by Crippen LogP contribution is 2.21. The number of nitrogens with zero attached hydrogens (tertiary/aromatic N) is 4. The quantitative estimate of drug-likeness (QED) is 0.846. The Morgan fingerprint density at radius 2 is 1.71 bits per heavy atom. The van der Waals surface area contributed by atoms with E-state index in [9.17, 15) is 4.79 Å². The molecule has 24 heavy (non-hydrogen) atoms. The standard InChI is InChI=1S/C17H20N4O3/c1-23-14-6-4-3-5-13(14)17(22)21-11-9-20(10-12-21)15-7-8-16(24-2)19-18-15/h3-8H,9-12H2,1-2H3. The number of piperazine rings is 1. The molecule has 0 radical (unpaired) electrons. The van der Waals surface area contributed by atoms with Crippen molar-refractivity contribution in [2.75, 3.05) is 45.3 Å². The van der Waals surface area contributed by atoms with Gasteiger partial charge in [-0.1, -0.05) is 12.1 Å². The van der Waals surface area contributed by atoms with Gasteiger partial charge >= 0.3 is 0 Å². The number of aromatic nitrogens is 2. The van der Waals surface area contributed by atoms with Gasteiger partial charge in [0.2, 0.25) is 5.88 Å². The van der Waals surface area contributed by atoms with Crippen LogP contribution in [0.15, 0.2) is 36.4 Å². The maximum Gasteiger partial charge on any atom is 0.257 e. The average molecular weight is 328 g/mol. The van der Waals surface area contributed by atoms with E-state index in [0.717, 1.165) is 5.82 Å². The van der Waals surface area contributed by atoms with Gasteiger partial charge in [0.1, 0.15) is 5.75 Å². The van der Waals surface area contributed by atoms with Crippen LogP contribution in [0.5, 0.6) is 11.6 Å². The first-order chi connectivity index (χ1) is 11.7. The van der Waals surface area contributed by atoms with Gasteiger partial charge in [-0.15, -0.1) is 10.2 Å². The zero-order valence-electron chi connectivity index (χ0n) is 13.8. The van der Waals surface area contributed by atoms with Gasteiger partial charge in [-0.25, -0.2) is 0 Å². The van der Waals surface area contributed by atoms with Crippen molar-refractivity contribution in [2.24, 2.45) is 0 Å². The Hall–Kier alpha value is -2.83. The van der Waals surface area contributed by atoms with Crippen LogP contribution in [0.2, 0.25) is 0 Å². The molecule has 0 unspecified atom stereocenters. The molecule has 126 valence electrons. The van der Waals surface area contributed by atoms with Gasteiger partial charge in [-0.05, 0) is 18.2 Å². The van der Waals surface area contributed by atoms with E-state index in [1.807, 2.05) is 23.1 Å². The lowest BCUT2D eigenvalue weighted by Crippen LogP contribution is -2.49. The number of para-hydroxylation sites is 1. The Bertz CT molecular complexity index is 697. The van der Waals surface area contributed by atoms with Crippen LogP contribution >= 0.6 is 0 Å². The summed E-state index contributed by atoms with van der Waals surface area (Å²) in [6.45, 7) is 2.68. The van der Waals surface area contributed by atoms with E-state index in [-0.39, 0.29) is 5.91 Å². The predicted octanol–water partition coefficient (Wildman–Crippen LogP) is 1.46. The molecule has 0 spiro atoms. The highest BCUT2D eigenvalue weighted by atomic mass is 16.5. The molecule has 1 aromatic heterocycles. The average Bonchev–Trinajstić information content (AvgIpc) is 2.67. The fraction of sp³-hybridized carbons (Fsp3) is 0.353. The van der Waals surface area contributed by atoms with Crippen molar-refractivity contribution in [3.63, 3.8) is 0 Å². The predicted molar refractivity (Wildman–Crippen MR) is 89.7 cm³/mol. The van der Waals surface area contributed by atoms with Gasteiger partial charge in [0.05, 0.1) is 19.8 Å². The maximum absolute atomic E-state index is 12.7. The number of benzene rings is 1. The van der Waals surface area contributed by atoms with Crippen LogP contribution in [0.1, 0.15) is 10.4 Å². The number of rotatable bonds is 4. The number of amides is 1. The number of anilines is 1. The van der Waals surface area contributed by atoms with Gasteiger partial charge in [-0.2, -0.15) is 0 Å². The molecule has 0 saturated carbocycles. The maximum atomic E-state index is 12.7. The smallest absolute Gasteiger partial charge is 0.257 e. The first-order valence-corrected chi connectivity index (χ1v) is 7.78. The molecule has 0 bridgehead atoms. The van der Waals surface area contributed by atoms with E-state index in [1.54, 1.807) is 32.4 Å². The molecule has 7 heteroatoms. The van der Waals surface area contributed by atoms with Crippen LogP contribution in [-0.4, -0.2) is 61.4 Å². The van der Waals surface area contributed by atoms with Crippen molar-refractivity contribution in [3.05, 3.63) is 42.0 Å². The first-order valence-electron chi connectivity index (χ1n) is 7.78. The SMILES string of the molecule is COc1ccc(N2CCN(C(=O)c3ccccc3OC)CC2)nn1. The van der Waals surface area contributed by atoms with Gasteiger partial charge < -0.3 is 19.3 Å². The molecule has 1 aliphatic rings. The summed E-state index contributed by atoms with van der Waals surface area (Å²) in [7, 11) is 3.14. The highest BCUT2D eigenvalue weighted by molar-refractivity contribution is 5.97. The van der Waals surface area contributed by atoms with Crippen LogP contribution in [0, 0.1) is 0 Å². The van der Waals surface area contributed by atoms with Gasteiger partial charge in [0.15, 0.2) is 5.82 Å². The summed E-state index contributed by atoms with van der Waals surface area (Å²) in [6, 6.07) is 11.0. The molecular formula is C17H20N4O3. The summed E-state index contributed by atoms with van der Waals surface area (Å²) >= 11 is 0. The van der Waals surface area contributed by atoms with E-state index in [4.69, 9.17) is 9.47 Å².